The van der Waals surface area contributed by atoms with Crippen molar-refractivity contribution < 1.29 is 9.53 Å². The molecule has 0 atom stereocenters. The zero-order chi connectivity index (χ0) is 9.84. The molecule has 1 aromatic heterocycles. The zero-order valence-corrected chi connectivity index (χ0v) is 9.09. The standard InChI is InChI=1S/C9H10BrNO2/c1-6-7(3-9(12)13-2)4-11-5-8(6)10/h4-5H,3H2,1-2H3. The molecule has 0 aromatic carbocycles. The summed E-state index contributed by atoms with van der Waals surface area (Å²) in [6, 6.07) is 0. The van der Waals surface area contributed by atoms with Crippen molar-refractivity contribution in [2.45, 2.75) is 13.3 Å². The van der Waals surface area contributed by atoms with Crippen molar-refractivity contribution in [3.8, 4) is 0 Å². The fraction of sp³-hybridized carbons (Fsp3) is 0.333. The first kappa shape index (κ1) is 10.2. The van der Waals surface area contributed by atoms with Crippen molar-refractivity contribution in [2.75, 3.05) is 7.11 Å². The van der Waals surface area contributed by atoms with Gasteiger partial charge in [-0.1, -0.05) is 0 Å². The largest absolute Gasteiger partial charge is 0.469 e. The second kappa shape index (κ2) is 4.37. The van der Waals surface area contributed by atoms with Crippen molar-refractivity contribution >= 4 is 21.9 Å². The van der Waals surface area contributed by atoms with Crippen LogP contribution < -0.4 is 0 Å². The highest BCUT2D eigenvalue weighted by atomic mass is 79.9. The Labute approximate surface area is 85.3 Å². The van der Waals surface area contributed by atoms with Crippen molar-refractivity contribution in [3.05, 3.63) is 28.0 Å². The lowest BCUT2D eigenvalue weighted by molar-refractivity contribution is -0.139. The van der Waals surface area contributed by atoms with Gasteiger partial charge in [0, 0.05) is 16.9 Å². The van der Waals surface area contributed by atoms with Crippen LogP contribution in [0.1, 0.15) is 11.1 Å². The minimum Gasteiger partial charge on any atom is -0.469 e. The third-order valence-electron chi connectivity index (χ3n) is 1.82. The quantitative estimate of drug-likeness (QED) is 0.745. The van der Waals surface area contributed by atoms with Crippen molar-refractivity contribution in [3.63, 3.8) is 0 Å². The van der Waals surface area contributed by atoms with Crippen LogP contribution in [0.5, 0.6) is 0 Å². The Morgan fingerprint density at radius 2 is 2.31 bits per heavy atom. The molecule has 0 fully saturated rings. The van der Waals surface area contributed by atoms with E-state index in [-0.39, 0.29) is 12.4 Å². The molecule has 1 aromatic rings. The van der Waals surface area contributed by atoms with Crippen LogP contribution in [0, 0.1) is 6.92 Å². The lowest BCUT2D eigenvalue weighted by atomic mass is 10.1. The van der Waals surface area contributed by atoms with E-state index in [4.69, 9.17) is 0 Å². The summed E-state index contributed by atoms with van der Waals surface area (Å²) in [6.07, 6.45) is 3.65. The van der Waals surface area contributed by atoms with E-state index in [1.54, 1.807) is 12.4 Å². The smallest absolute Gasteiger partial charge is 0.310 e. The van der Waals surface area contributed by atoms with Crippen LogP contribution in [0.2, 0.25) is 0 Å². The first-order chi connectivity index (χ1) is 6.15. The molecule has 4 heteroatoms. The number of pyridine rings is 1. The number of methoxy groups -OCH3 is 1. The Kier molecular flexibility index (Phi) is 3.42. The number of halogens is 1. The van der Waals surface area contributed by atoms with E-state index in [0.29, 0.717) is 0 Å². The molecular formula is C9H10BrNO2. The average molecular weight is 244 g/mol. The Hall–Kier alpha value is -0.900. The van der Waals surface area contributed by atoms with Crippen LogP contribution in [0.15, 0.2) is 16.9 Å². The average Bonchev–Trinajstić information content (AvgIpc) is 2.13. The monoisotopic (exact) mass is 243 g/mol. The highest BCUT2D eigenvalue weighted by Gasteiger charge is 2.07. The number of esters is 1. The van der Waals surface area contributed by atoms with Gasteiger partial charge in [-0.2, -0.15) is 0 Å². The minimum atomic E-state index is -0.247. The molecule has 3 nitrogen and oxygen atoms in total. The molecule has 1 rings (SSSR count). The van der Waals surface area contributed by atoms with Gasteiger partial charge in [0.1, 0.15) is 0 Å². The molecule has 0 aliphatic carbocycles. The van der Waals surface area contributed by atoms with Gasteiger partial charge in [-0.3, -0.25) is 9.78 Å². The molecule has 0 saturated heterocycles. The number of aromatic nitrogens is 1. The molecule has 1 heterocycles. The number of carbonyl (C=O) groups is 1. The third-order valence-corrected chi connectivity index (χ3v) is 2.62. The maximum atomic E-state index is 11.0. The molecule has 0 spiro atoms. The summed E-state index contributed by atoms with van der Waals surface area (Å²) in [5.74, 6) is -0.247. The molecule has 0 bridgehead atoms. The summed E-state index contributed by atoms with van der Waals surface area (Å²) < 4.78 is 5.48. The predicted molar refractivity (Wildman–Crippen MR) is 52.4 cm³/mol. The van der Waals surface area contributed by atoms with Gasteiger partial charge in [0.05, 0.1) is 13.5 Å². The molecule has 0 radical (unpaired) electrons. The van der Waals surface area contributed by atoms with E-state index < -0.39 is 0 Å². The second-order valence-electron chi connectivity index (χ2n) is 2.66. The van der Waals surface area contributed by atoms with Crippen LogP contribution >= 0.6 is 15.9 Å². The summed E-state index contributed by atoms with van der Waals surface area (Å²) in [6.45, 7) is 1.93. The summed E-state index contributed by atoms with van der Waals surface area (Å²) in [7, 11) is 1.38. The van der Waals surface area contributed by atoms with Gasteiger partial charge < -0.3 is 4.74 Å². The summed E-state index contributed by atoms with van der Waals surface area (Å²) >= 11 is 3.34. The molecular weight excluding hydrogens is 234 g/mol. The van der Waals surface area contributed by atoms with Crippen molar-refractivity contribution in [2.24, 2.45) is 0 Å². The van der Waals surface area contributed by atoms with Gasteiger partial charge in [-0.05, 0) is 34.0 Å². The molecule has 0 N–H and O–H groups in total. The number of hydrogen-bond acceptors (Lipinski definition) is 3. The van der Waals surface area contributed by atoms with E-state index >= 15 is 0 Å². The Morgan fingerprint density at radius 3 is 2.92 bits per heavy atom. The molecule has 0 aliphatic rings. The highest BCUT2D eigenvalue weighted by Crippen LogP contribution is 2.18. The number of ether oxygens (including phenoxy) is 1. The zero-order valence-electron chi connectivity index (χ0n) is 7.50. The van der Waals surface area contributed by atoms with Crippen LogP contribution in [0.3, 0.4) is 0 Å². The number of hydrogen-bond donors (Lipinski definition) is 0. The minimum absolute atomic E-state index is 0.247. The van der Waals surface area contributed by atoms with Crippen molar-refractivity contribution in [1.29, 1.82) is 0 Å². The van der Waals surface area contributed by atoms with E-state index in [1.807, 2.05) is 6.92 Å². The van der Waals surface area contributed by atoms with Gasteiger partial charge in [-0.25, -0.2) is 0 Å². The molecule has 0 saturated carbocycles. The van der Waals surface area contributed by atoms with Gasteiger partial charge in [-0.15, -0.1) is 0 Å². The number of nitrogens with zero attached hydrogens (tertiary/aromatic N) is 1. The first-order valence-electron chi connectivity index (χ1n) is 3.81. The first-order valence-corrected chi connectivity index (χ1v) is 4.60. The van der Waals surface area contributed by atoms with Gasteiger partial charge in [0.15, 0.2) is 0 Å². The van der Waals surface area contributed by atoms with Crippen LogP contribution in [-0.4, -0.2) is 18.1 Å². The maximum absolute atomic E-state index is 11.0. The maximum Gasteiger partial charge on any atom is 0.310 e. The molecule has 0 amide bonds. The number of carbonyl (C=O) groups excluding carboxylic acids is 1. The van der Waals surface area contributed by atoms with Gasteiger partial charge in [0.2, 0.25) is 0 Å². The molecule has 70 valence electrons. The lowest BCUT2D eigenvalue weighted by Crippen LogP contribution is -2.06. The second-order valence-corrected chi connectivity index (χ2v) is 3.51. The van der Waals surface area contributed by atoms with Gasteiger partial charge >= 0.3 is 5.97 Å². The summed E-state index contributed by atoms with van der Waals surface area (Å²) in [5.41, 5.74) is 1.92. The fourth-order valence-corrected chi connectivity index (χ4v) is 1.32. The fourth-order valence-electron chi connectivity index (χ4n) is 0.946. The highest BCUT2D eigenvalue weighted by molar-refractivity contribution is 9.10. The summed E-state index contributed by atoms with van der Waals surface area (Å²) in [5, 5.41) is 0. The van der Waals surface area contributed by atoms with Crippen LogP contribution in [-0.2, 0) is 16.0 Å². The molecule has 0 aliphatic heterocycles. The Bertz CT molecular complexity index is 325. The lowest BCUT2D eigenvalue weighted by Gasteiger charge is -2.04. The Balaban J connectivity index is 2.89. The topological polar surface area (TPSA) is 39.2 Å². The van der Waals surface area contributed by atoms with Crippen LogP contribution in [0.4, 0.5) is 0 Å². The van der Waals surface area contributed by atoms with E-state index in [0.717, 1.165) is 15.6 Å². The van der Waals surface area contributed by atoms with Crippen molar-refractivity contribution in [1.82, 2.24) is 4.98 Å². The van der Waals surface area contributed by atoms with Gasteiger partial charge in [0.25, 0.3) is 0 Å². The summed E-state index contributed by atoms with van der Waals surface area (Å²) in [4.78, 5) is 15.0. The molecule has 0 unspecified atom stereocenters. The number of rotatable bonds is 2. The predicted octanol–water partition coefficient (Wildman–Crippen LogP) is 1.87. The van der Waals surface area contributed by atoms with Crippen LogP contribution in [0.25, 0.3) is 0 Å². The third kappa shape index (κ3) is 2.52. The normalized spacial score (nSPS) is 9.77. The Morgan fingerprint density at radius 1 is 1.62 bits per heavy atom. The SMILES string of the molecule is COC(=O)Cc1cncc(Br)c1C. The molecule has 13 heavy (non-hydrogen) atoms. The van der Waals surface area contributed by atoms with E-state index in [1.165, 1.54) is 7.11 Å². The van der Waals surface area contributed by atoms with E-state index in [2.05, 4.69) is 25.7 Å². The van der Waals surface area contributed by atoms with E-state index in [9.17, 15) is 4.79 Å².